The predicted octanol–water partition coefficient (Wildman–Crippen LogP) is 4.72. The van der Waals surface area contributed by atoms with Gasteiger partial charge in [0.05, 0.1) is 0 Å². The second-order valence-electron chi connectivity index (χ2n) is 7.73. The Morgan fingerprint density at radius 2 is 1.86 bits per heavy atom. The Labute approximate surface area is 124 Å². The van der Waals surface area contributed by atoms with Gasteiger partial charge in [-0.3, -0.25) is 4.79 Å². The smallest absolute Gasteiger partial charge is 0.404 e. The van der Waals surface area contributed by atoms with E-state index in [9.17, 15) is 18.0 Å². The maximum Gasteiger partial charge on any atom is 0.404 e. The summed E-state index contributed by atoms with van der Waals surface area (Å²) in [5.74, 6) is -0.363. The van der Waals surface area contributed by atoms with Crippen LogP contribution in [0.2, 0.25) is 0 Å². The highest BCUT2D eigenvalue weighted by atomic mass is 19.4. The van der Waals surface area contributed by atoms with Gasteiger partial charge >= 0.3 is 12.1 Å². The zero-order chi connectivity index (χ0) is 16.3. The molecule has 3 rings (SSSR count). The van der Waals surface area contributed by atoms with Crippen LogP contribution in [0, 0.1) is 22.7 Å². The average molecular weight is 306 g/mol. The molecule has 4 atom stereocenters. The van der Waals surface area contributed by atoms with Crippen molar-refractivity contribution in [1.82, 2.24) is 0 Å². The molecule has 21 heavy (non-hydrogen) atoms. The van der Waals surface area contributed by atoms with Crippen LogP contribution in [-0.4, -0.2) is 17.7 Å². The Morgan fingerprint density at radius 3 is 2.24 bits per heavy atom. The summed E-state index contributed by atoms with van der Waals surface area (Å²) < 4.78 is 45.1. The minimum absolute atomic E-state index is 0.0497. The van der Waals surface area contributed by atoms with Crippen LogP contribution in [0.4, 0.5) is 13.2 Å². The fraction of sp³-hybridized carbons (Fsp3) is 0.938. The number of fused-ring (bicyclic) bond motifs is 2. The van der Waals surface area contributed by atoms with E-state index in [1.165, 1.54) is 6.92 Å². The van der Waals surface area contributed by atoms with Crippen LogP contribution in [0.1, 0.15) is 60.3 Å². The van der Waals surface area contributed by atoms with Crippen LogP contribution in [0.15, 0.2) is 0 Å². The quantitative estimate of drug-likeness (QED) is 0.705. The molecule has 0 aromatic rings. The highest BCUT2D eigenvalue weighted by molar-refractivity contribution is 5.78. The largest absolute Gasteiger partial charge is 0.458 e. The summed E-state index contributed by atoms with van der Waals surface area (Å²) in [4.78, 5) is 12.2. The molecule has 0 aromatic heterocycles. The Morgan fingerprint density at radius 1 is 1.29 bits per heavy atom. The first-order valence-electron chi connectivity index (χ1n) is 7.68. The lowest BCUT2D eigenvalue weighted by molar-refractivity contribution is -0.257. The van der Waals surface area contributed by atoms with Gasteiger partial charge < -0.3 is 4.74 Å². The van der Waals surface area contributed by atoms with Gasteiger partial charge in [0.25, 0.3) is 0 Å². The standard InChI is InChI=1S/C16H25F3O2/c1-6-14(4,16(17,18)19)12(20)21-15(5)8-7-10-9-11(15)13(10,2)3/h10-11H,6-9H2,1-5H3. The molecule has 2 bridgehead atoms. The van der Waals surface area contributed by atoms with E-state index in [1.54, 1.807) is 6.92 Å². The fourth-order valence-corrected chi connectivity index (χ4v) is 4.08. The van der Waals surface area contributed by atoms with E-state index in [2.05, 4.69) is 13.8 Å². The van der Waals surface area contributed by atoms with E-state index in [1.807, 2.05) is 0 Å². The summed E-state index contributed by atoms with van der Waals surface area (Å²) in [6, 6.07) is 0. The van der Waals surface area contributed by atoms with Gasteiger partial charge in [-0.1, -0.05) is 20.8 Å². The first kappa shape index (κ1) is 16.6. The Balaban J connectivity index is 2.19. The molecule has 0 heterocycles. The van der Waals surface area contributed by atoms with Gasteiger partial charge in [-0.05, 0) is 50.9 Å². The maximum absolute atomic E-state index is 13.2. The maximum atomic E-state index is 13.2. The molecule has 0 spiro atoms. The van der Waals surface area contributed by atoms with Crippen LogP contribution in [0.5, 0.6) is 0 Å². The molecule has 2 nitrogen and oxygen atoms in total. The predicted molar refractivity (Wildman–Crippen MR) is 73.6 cm³/mol. The molecule has 0 radical (unpaired) electrons. The van der Waals surface area contributed by atoms with E-state index >= 15 is 0 Å². The number of hydrogen-bond acceptors (Lipinski definition) is 2. The second-order valence-corrected chi connectivity index (χ2v) is 7.73. The highest BCUT2D eigenvalue weighted by Gasteiger charge is 2.63. The van der Waals surface area contributed by atoms with Gasteiger partial charge in [0.15, 0.2) is 5.41 Å². The van der Waals surface area contributed by atoms with Crippen molar-refractivity contribution < 1.29 is 22.7 Å². The second kappa shape index (κ2) is 4.63. The number of halogens is 3. The van der Waals surface area contributed by atoms with E-state index in [0.29, 0.717) is 12.3 Å². The molecule has 0 aromatic carbocycles. The Bertz CT molecular complexity index is 441. The zero-order valence-corrected chi connectivity index (χ0v) is 13.4. The Kier molecular flexibility index (Phi) is 3.66. The number of esters is 1. The van der Waals surface area contributed by atoms with Gasteiger partial charge in [0.2, 0.25) is 0 Å². The van der Waals surface area contributed by atoms with E-state index in [-0.39, 0.29) is 17.8 Å². The van der Waals surface area contributed by atoms with Crippen LogP contribution in [0.3, 0.4) is 0 Å². The lowest BCUT2D eigenvalue weighted by Gasteiger charge is -2.63. The van der Waals surface area contributed by atoms with Gasteiger partial charge in [-0.25, -0.2) is 0 Å². The van der Waals surface area contributed by atoms with Crippen molar-refractivity contribution in [3.63, 3.8) is 0 Å². The summed E-state index contributed by atoms with van der Waals surface area (Å²) in [6.45, 7) is 8.37. The topological polar surface area (TPSA) is 26.3 Å². The van der Waals surface area contributed by atoms with Crippen LogP contribution >= 0.6 is 0 Å². The van der Waals surface area contributed by atoms with Gasteiger partial charge in [0.1, 0.15) is 5.60 Å². The third kappa shape index (κ3) is 2.27. The first-order chi connectivity index (χ1) is 9.38. The normalized spacial score (nSPS) is 37.3. The SMILES string of the molecule is CCC(C)(C(=O)OC1(C)CCC2CC1C2(C)C)C(F)(F)F. The number of carbonyl (C=O) groups excluding carboxylic acids is 1. The van der Waals surface area contributed by atoms with Crippen molar-refractivity contribution >= 4 is 5.97 Å². The van der Waals surface area contributed by atoms with Gasteiger partial charge in [0, 0.05) is 5.92 Å². The summed E-state index contributed by atoms with van der Waals surface area (Å²) in [6.07, 6.45) is -2.35. The lowest BCUT2D eigenvalue weighted by atomic mass is 9.44. The number of rotatable bonds is 3. The molecule has 4 unspecified atom stereocenters. The van der Waals surface area contributed by atoms with Crippen molar-refractivity contribution in [2.75, 3.05) is 0 Å². The number of alkyl halides is 3. The molecule has 3 aliphatic carbocycles. The van der Waals surface area contributed by atoms with Crippen LogP contribution in [0.25, 0.3) is 0 Å². The van der Waals surface area contributed by atoms with Crippen molar-refractivity contribution in [3.05, 3.63) is 0 Å². The van der Waals surface area contributed by atoms with Crippen LogP contribution < -0.4 is 0 Å². The summed E-state index contributed by atoms with van der Waals surface area (Å²) in [5.41, 5.74) is -3.13. The number of ether oxygens (including phenoxy) is 1. The average Bonchev–Trinajstić information content (AvgIpc) is 2.35. The van der Waals surface area contributed by atoms with E-state index < -0.39 is 23.2 Å². The van der Waals surface area contributed by atoms with E-state index in [4.69, 9.17) is 4.74 Å². The molecule has 3 saturated carbocycles. The fourth-order valence-electron chi connectivity index (χ4n) is 4.08. The van der Waals surface area contributed by atoms with Gasteiger partial charge in [-0.2, -0.15) is 13.2 Å². The third-order valence-corrected chi connectivity index (χ3v) is 6.31. The minimum atomic E-state index is -4.58. The monoisotopic (exact) mass is 306 g/mol. The molecular weight excluding hydrogens is 281 g/mol. The number of carbonyl (C=O) groups is 1. The lowest BCUT2D eigenvalue weighted by Crippen LogP contribution is -2.62. The van der Waals surface area contributed by atoms with E-state index in [0.717, 1.165) is 19.8 Å². The number of hydrogen-bond donors (Lipinski definition) is 0. The molecule has 122 valence electrons. The molecule has 5 heteroatoms. The molecule has 0 N–H and O–H groups in total. The molecule has 0 aliphatic heterocycles. The van der Waals surface area contributed by atoms with Gasteiger partial charge in [-0.15, -0.1) is 0 Å². The van der Waals surface area contributed by atoms with Crippen molar-refractivity contribution in [2.24, 2.45) is 22.7 Å². The highest BCUT2D eigenvalue weighted by Crippen LogP contribution is 2.64. The van der Waals surface area contributed by atoms with Crippen molar-refractivity contribution in [1.29, 1.82) is 0 Å². The molecule has 0 saturated heterocycles. The molecular formula is C16H25F3O2. The minimum Gasteiger partial charge on any atom is -0.458 e. The Hall–Kier alpha value is -0.740. The molecule has 0 amide bonds. The van der Waals surface area contributed by atoms with Crippen molar-refractivity contribution in [2.45, 2.75) is 72.1 Å². The summed E-state index contributed by atoms with van der Waals surface area (Å²) >= 11 is 0. The molecule has 3 aliphatic rings. The first-order valence-corrected chi connectivity index (χ1v) is 7.68. The summed E-state index contributed by atoms with van der Waals surface area (Å²) in [7, 11) is 0. The zero-order valence-electron chi connectivity index (χ0n) is 13.4. The van der Waals surface area contributed by atoms with Crippen LogP contribution in [-0.2, 0) is 9.53 Å². The van der Waals surface area contributed by atoms with Crippen molar-refractivity contribution in [3.8, 4) is 0 Å². The third-order valence-electron chi connectivity index (χ3n) is 6.31. The molecule has 3 fully saturated rings. The summed E-state index contributed by atoms with van der Waals surface area (Å²) in [5, 5.41) is 0.